The van der Waals surface area contributed by atoms with Crippen LogP contribution in [0.2, 0.25) is 0 Å². The third-order valence-electron chi connectivity index (χ3n) is 10.6. The smallest absolute Gasteiger partial charge is 0.0709 e. The highest BCUT2D eigenvalue weighted by Gasteiger charge is 2.25. The summed E-state index contributed by atoms with van der Waals surface area (Å²) >= 11 is 0. The predicted octanol–water partition coefficient (Wildman–Crippen LogP) is 13.1. The fourth-order valence-electron chi connectivity index (χ4n) is 8.53. The van der Waals surface area contributed by atoms with E-state index in [2.05, 4.69) is 202 Å². The Kier molecular flexibility index (Phi) is 5.96. The van der Waals surface area contributed by atoms with Crippen LogP contribution in [0.1, 0.15) is 0 Å². The number of hydrogen-bond donors (Lipinski definition) is 0. The molecule has 0 bridgehead atoms. The van der Waals surface area contributed by atoms with Crippen LogP contribution in [0.4, 0.5) is 17.1 Å². The molecule has 0 N–H and O–H groups in total. The minimum absolute atomic E-state index is 1.10. The molecular weight excluding hydrogens is 619 g/mol. The number of nitrogens with zero attached hydrogens (tertiary/aromatic N) is 3. The van der Waals surface area contributed by atoms with Crippen LogP contribution in [0, 0.1) is 0 Å². The molecule has 0 radical (unpaired) electrons. The topological polar surface area (TPSA) is 12.6 Å². The SMILES string of the molecule is c1ccc(-c2ccc(N(c3ccccc3)c3ccccc3)c(-n3c4cccc5c6cccc7c8ccccc8n(c8cccc3c8c54)c67)c2)cc1. The van der Waals surface area contributed by atoms with E-state index < -0.39 is 0 Å². The van der Waals surface area contributed by atoms with Gasteiger partial charge in [0, 0.05) is 38.3 Å². The summed E-state index contributed by atoms with van der Waals surface area (Å²) in [5.74, 6) is 0. The van der Waals surface area contributed by atoms with Gasteiger partial charge in [0.1, 0.15) is 0 Å². The number of fused-ring (bicyclic) bond motifs is 5. The maximum atomic E-state index is 2.51. The van der Waals surface area contributed by atoms with E-state index in [4.69, 9.17) is 0 Å². The average molecular weight is 650 g/mol. The van der Waals surface area contributed by atoms with Crippen molar-refractivity contribution in [3.05, 3.63) is 188 Å². The number of anilines is 3. The van der Waals surface area contributed by atoms with Crippen molar-refractivity contribution >= 4 is 77.0 Å². The molecule has 8 aromatic carbocycles. The molecule has 0 aliphatic rings. The zero-order valence-corrected chi connectivity index (χ0v) is 27.7. The zero-order valence-electron chi connectivity index (χ0n) is 27.7. The maximum absolute atomic E-state index is 2.51. The van der Waals surface area contributed by atoms with E-state index in [1.54, 1.807) is 0 Å². The van der Waals surface area contributed by atoms with E-state index in [9.17, 15) is 0 Å². The Labute approximate surface area is 294 Å². The van der Waals surface area contributed by atoms with Crippen LogP contribution < -0.4 is 4.90 Å². The number of para-hydroxylation sites is 4. The van der Waals surface area contributed by atoms with E-state index in [0.29, 0.717) is 0 Å². The molecule has 3 heterocycles. The van der Waals surface area contributed by atoms with E-state index in [1.807, 2.05) is 0 Å². The minimum Gasteiger partial charge on any atom is -0.308 e. The van der Waals surface area contributed by atoms with Crippen LogP contribution in [0.5, 0.6) is 0 Å². The van der Waals surface area contributed by atoms with Crippen molar-refractivity contribution in [2.45, 2.75) is 0 Å². The quantitative estimate of drug-likeness (QED) is 0.181. The van der Waals surface area contributed by atoms with E-state index >= 15 is 0 Å². The molecule has 3 nitrogen and oxygen atoms in total. The Morgan fingerprint density at radius 1 is 0.353 bits per heavy atom. The van der Waals surface area contributed by atoms with Gasteiger partial charge in [0.15, 0.2) is 0 Å². The lowest BCUT2D eigenvalue weighted by Crippen LogP contribution is -2.13. The van der Waals surface area contributed by atoms with Crippen molar-refractivity contribution in [3.63, 3.8) is 0 Å². The molecule has 11 rings (SSSR count). The Morgan fingerprint density at radius 2 is 0.882 bits per heavy atom. The Morgan fingerprint density at radius 3 is 1.63 bits per heavy atom. The van der Waals surface area contributed by atoms with Crippen molar-refractivity contribution in [1.29, 1.82) is 0 Å². The van der Waals surface area contributed by atoms with E-state index in [0.717, 1.165) is 22.7 Å². The lowest BCUT2D eigenvalue weighted by Gasteiger charge is -2.29. The summed E-state index contributed by atoms with van der Waals surface area (Å²) in [5.41, 5.74) is 12.9. The molecule has 3 aromatic heterocycles. The zero-order chi connectivity index (χ0) is 33.5. The molecule has 0 aliphatic heterocycles. The van der Waals surface area contributed by atoms with Crippen molar-refractivity contribution in [1.82, 2.24) is 8.97 Å². The van der Waals surface area contributed by atoms with Gasteiger partial charge in [-0.1, -0.05) is 127 Å². The molecule has 0 spiro atoms. The summed E-state index contributed by atoms with van der Waals surface area (Å²) in [6.07, 6.45) is 0. The Balaban J connectivity index is 1.33. The molecule has 0 saturated carbocycles. The minimum atomic E-state index is 1.10. The first-order valence-electron chi connectivity index (χ1n) is 17.5. The highest BCUT2D eigenvalue weighted by Crippen LogP contribution is 2.47. The molecule has 0 amide bonds. The van der Waals surface area contributed by atoms with Crippen LogP contribution in [-0.2, 0) is 0 Å². The van der Waals surface area contributed by atoms with Crippen LogP contribution in [-0.4, -0.2) is 8.97 Å². The highest BCUT2D eigenvalue weighted by molar-refractivity contribution is 6.31. The molecule has 51 heavy (non-hydrogen) atoms. The molecule has 0 aliphatic carbocycles. The standard InChI is InChI=1S/C48H31N3/c1-4-15-32(16-5-1)33-29-30-41(49(34-17-6-2-7-18-34)35-19-8-3-9-20-35)45(31-33)50-42-26-13-22-37-39-24-12-23-38-36-21-10-11-25-40(36)51(48(38)39)44-28-14-27-43(50)47(44)46(37)42/h1-31H. The molecule has 0 unspecified atom stereocenters. The van der Waals surface area contributed by atoms with Crippen LogP contribution in [0.15, 0.2) is 188 Å². The van der Waals surface area contributed by atoms with Gasteiger partial charge in [-0.15, -0.1) is 0 Å². The Hall–Kier alpha value is -6.84. The largest absolute Gasteiger partial charge is 0.308 e. The molecule has 11 aromatic rings. The summed E-state index contributed by atoms with van der Waals surface area (Å²) in [7, 11) is 0. The molecule has 0 saturated heterocycles. The molecule has 3 heteroatoms. The number of hydrogen-bond acceptors (Lipinski definition) is 1. The lowest BCUT2D eigenvalue weighted by molar-refractivity contribution is 1.15. The van der Waals surface area contributed by atoms with E-state index in [-0.39, 0.29) is 0 Å². The summed E-state index contributed by atoms with van der Waals surface area (Å²) in [5, 5.41) is 7.64. The van der Waals surface area contributed by atoms with E-state index in [1.165, 1.54) is 71.0 Å². The fourth-order valence-corrected chi connectivity index (χ4v) is 8.53. The predicted molar refractivity (Wildman–Crippen MR) is 216 cm³/mol. The van der Waals surface area contributed by atoms with Gasteiger partial charge in [-0.25, -0.2) is 0 Å². The third-order valence-corrected chi connectivity index (χ3v) is 10.6. The highest BCUT2D eigenvalue weighted by atomic mass is 15.2. The second-order valence-corrected chi connectivity index (χ2v) is 13.3. The van der Waals surface area contributed by atoms with Gasteiger partial charge in [-0.2, -0.15) is 0 Å². The van der Waals surface area contributed by atoms with Gasteiger partial charge >= 0.3 is 0 Å². The maximum Gasteiger partial charge on any atom is 0.0709 e. The number of aromatic nitrogens is 2. The van der Waals surface area contributed by atoms with Crippen molar-refractivity contribution in [3.8, 4) is 16.8 Å². The van der Waals surface area contributed by atoms with Gasteiger partial charge < -0.3 is 13.9 Å². The number of benzene rings is 8. The summed E-state index contributed by atoms with van der Waals surface area (Å²) in [6, 6.07) is 68.4. The van der Waals surface area contributed by atoms with Crippen LogP contribution in [0.3, 0.4) is 0 Å². The van der Waals surface area contributed by atoms with Crippen molar-refractivity contribution in [2.24, 2.45) is 0 Å². The molecular formula is C48H31N3. The molecule has 0 atom stereocenters. The normalized spacial score (nSPS) is 11.9. The van der Waals surface area contributed by atoms with Crippen LogP contribution >= 0.6 is 0 Å². The summed E-state index contributed by atoms with van der Waals surface area (Å²) < 4.78 is 5.02. The van der Waals surface area contributed by atoms with Gasteiger partial charge in [0.05, 0.1) is 39.0 Å². The van der Waals surface area contributed by atoms with Crippen molar-refractivity contribution < 1.29 is 0 Å². The average Bonchev–Trinajstić information content (AvgIpc) is 3.68. The van der Waals surface area contributed by atoms with Gasteiger partial charge in [0.2, 0.25) is 0 Å². The third kappa shape index (κ3) is 4.00. The molecule has 238 valence electrons. The first-order valence-corrected chi connectivity index (χ1v) is 17.5. The van der Waals surface area contributed by atoms with Crippen molar-refractivity contribution in [2.75, 3.05) is 4.90 Å². The monoisotopic (exact) mass is 649 g/mol. The second kappa shape index (κ2) is 10.8. The first kappa shape index (κ1) is 28.0. The summed E-state index contributed by atoms with van der Waals surface area (Å²) in [4.78, 5) is 2.39. The fraction of sp³-hybridized carbons (Fsp3) is 0. The van der Waals surface area contributed by atoms with Gasteiger partial charge in [-0.05, 0) is 77.2 Å². The first-order chi connectivity index (χ1) is 25.3. The van der Waals surface area contributed by atoms with Gasteiger partial charge in [-0.3, -0.25) is 0 Å². The Bertz CT molecular complexity index is 3020. The van der Waals surface area contributed by atoms with Gasteiger partial charge in [0.25, 0.3) is 0 Å². The number of rotatable bonds is 5. The lowest BCUT2D eigenvalue weighted by atomic mass is 10.0. The summed E-state index contributed by atoms with van der Waals surface area (Å²) in [6.45, 7) is 0. The van der Waals surface area contributed by atoms with Crippen LogP contribution in [0.25, 0.3) is 76.7 Å². The second-order valence-electron chi connectivity index (χ2n) is 13.3. The molecule has 0 fully saturated rings.